The van der Waals surface area contributed by atoms with Gasteiger partial charge in [-0.05, 0) is 36.4 Å². The van der Waals surface area contributed by atoms with E-state index in [9.17, 15) is 14.4 Å². The van der Waals surface area contributed by atoms with Crippen molar-refractivity contribution in [2.24, 2.45) is 5.92 Å². The molecule has 8 heteroatoms. The highest BCUT2D eigenvalue weighted by Gasteiger charge is 2.36. The zero-order valence-electron chi connectivity index (χ0n) is 15.9. The van der Waals surface area contributed by atoms with Crippen molar-refractivity contribution in [3.05, 3.63) is 48.4 Å². The van der Waals surface area contributed by atoms with Crippen molar-refractivity contribution >= 4 is 23.4 Å². The van der Waals surface area contributed by atoms with Crippen molar-refractivity contribution in [2.75, 3.05) is 32.6 Å². The van der Waals surface area contributed by atoms with Crippen LogP contribution in [0.15, 0.2) is 47.1 Å². The van der Waals surface area contributed by atoms with Gasteiger partial charge < -0.3 is 24.3 Å². The van der Waals surface area contributed by atoms with Crippen LogP contribution in [0.25, 0.3) is 0 Å². The zero-order valence-corrected chi connectivity index (χ0v) is 15.9. The highest BCUT2D eigenvalue weighted by Crippen LogP contribution is 2.22. The highest BCUT2D eigenvalue weighted by molar-refractivity contribution is 5.96. The summed E-state index contributed by atoms with van der Waals surface area (Å²) in [7, 11) is 3.13. The Kier molecular flexibility index (Phi) is 5.98. The molecular formula is C20H23N3O5. The largest absolute Gasteiger partial charge is 0.497 e. The third-order valence-electron chi connectivity index (χ3n) is 4.62. The van der Waals surface area contributed by atoms with Crippen molar-refractivity contribution in [3.63, 3.8) is 0 Å². The van der Waals surface area contributed by atoms with Crippen LogP contribution in [-0.4, -0.2) is 54.8 Å². The summed E-state index contributed by atoms with van der Waals surface area (Å²) in [5.41, 5.74) is 0.618. The Balaban J connectivity index is 1.50. The van der Waals surface area contributed by atoms with Gasteiger partial charge in [-0.1, -0.05) is 0 Å². The molecule has 3 rings (SSSR count). The van der Waals surface area contributed by atoms with Crippen molar-refractivity contribution < 1.29 is 23.5 Å². The van der Waals surface area contributed by atoms with E-state index in [4.69, 9.17) is 9.15 Å². The molecule has 148 valence electrons. The van der Waals surface area contributed by atoms with E-state index < -0.39 is 5.92 Å². The van der Waals surface area contributed by atoms with Gasteiger partial charge in [-0.25, -0.2) is 0 Å². The Morgan fingerprint density at radius 3 is 2.68 bits per heavy atom. The first-order chi connectivity index (χ1) is 13.5. The Morgan fingerprint density at radius 1 is 1.29 bits per heavy atom. The summed E-state index contributed by atoms with van der Waals surface area (Å²) < 4.78 is 10.3. The number of benzene rings is 1. The van der Waals surface area contributed by atoms with Gasteiger partial charge in [0.1, 0.15) is 11.5 Å². The van der Waals surface area contributed by atoms with E-state index in [1.54, 1.807) is 61.7 Å². The second-order valence-corrected chi connectivity index (χ2v) is 6.73. The predicted octanol–water partition coefficient (Wildman–Crippen LogP) is 1.73. The second-order valence-electron chi connectivity index (χ2n) is 6.73. The Bertz CT molecular complexity index is 832. The molecule has 1 N–H and O–H groups in total. The molecule has 1 aliphatic heterocycles. The molecule has 1 aliphatic rings. The normalized spacial score (nSPS) is 16.1. The van der Waals surface area contributed by atoms with E-state index in [2.05, 4.69) is 5.32 Å². The van der Waals surface area contributed by atoms with Crippen molar-refractivity contribution in [3.8, 4) is 5.75 Å². The first kappa shape index (κ1) is 19.5. The molecule has 3 amide bonds. The number of likely N-dealkylation sites (N-methyl/N-ethyl adjacent to an activating group) is 1. The van der Waals surface area contributed by atoms with E-state index in [-0.39, 0.29) is 30.7 Å². The second kappa shape index (κ2) is 8.60. The van der Waals surface area contributed by atoms with Gasteiger partial charge in [0.15, 0.2) is 0 Å². The first-order valence-electron chi connectivity index (χ1n) is 8.95. The molecule has 1 atom stereocenters. The molecule has 1 fully saturated rings. The number of amides is 3. The van der Waals surface area contributed by atoms with Crippen LogP contribution in [0.2, 0.25) is 0 Å². The molecule has 0 radical (unpaired) electrons. The minimum Gasteiger partial charge on any atom is -0.497 e. The van der Waals surface area contributed by atoms with Crippen molar-refractivity contribution in [1.82, 2.24) is 9.80 Å². The lowest BCUT2D eigenvalue weighted by atomic mass is 10.1. The maximum atomic E-state index is 12.6. The van der Waals surface area contributed by atoms with Gasteiger partial charge in [0.2, 0.25) is 17.7 Å². The number of furan rings is 1. The third kappa shape index (κ3) is 4.70. The number of carbonyl (C=O) groups excluding carboxylic acids is 3. The third-order valence-corrected chi connectivity index (χ3v) is 4.62. The lowest BCUT2D eigenvalue weighted by Gasteiger charge is -2.21. The van der Waals surface area contributed by atoms with Crippen LogP contribution < -0.4 is 10.1 Å². The minimum absolute atomic E-state index is 0.0895. The summed E-state index contributed by atoms with van der Waals surface area (Å²) >= 11 is 0. The van der Waals surface area contributed by atoms with Crippen molar-refractivity contribution in [2.45, 2.75) is 13.0 Å². The topological polar surface area (TPSA) is 92.1 Å². The zero-order chi connectivity index (χ0) is 20.1. The summed E-state index contributed by atoms with van der Waals surface area (Å²) in [6, 6.07) is 10.5. The summed E-state index contributed by atoms with van der Waals surface area (Å²) in [6.45, 7) is 0.577. The molecule has 1 aromatic carbocycles. The molecule has 0 saturated carbocycles. The molecule has 28 heavy (non-hydrogen) atoms. The van der Waals surface area contributed by atoms with Gasteiger partial charge in [0.25, 0.3) is 0 Å². The van der Waals surface area contributed by atoms with Gasteiger partial charge in [-0.15, -0.1) is 0 Å². The van der Waals surface area contributed by atoms with Gasteiger partial charge in [0.05, 0.1) is 32.4 Å². The van der Waals surface area contributed by atoms with Crippen LogP contribution in [0.1, 0.15) is 12.2 Å². The van der Waals surface area contributed by atoms with Crippen molar-refractivity contribution in [1.29, 1.82) is 0 Å². The maximum Gasteiger partial charge on any atom is 0.243 e. The predicted molar refractivity (Wildman–Crippen MR) is 101 cm³/mol. The monoisotopic (exact) mass is 385 g/mol. The number of likely N-dealkylation sites (tertiary alicyclic amines) is 1. The average Bonchev–Trinajstić information content (AvgIpc) is 3.32. The van der Waals surface area contributed by atoms with Crippen LogP contribution in [0.4, 0.5) is 5.69 Å². The Morgan fingerprint density at radius 2 is 2.04 bits per heavy atom. The van der Waals surface area contributed by atoms with E-state index in [0.29, 0.717) is 30.3 Å². The minimum atomic E-state index is -0.457. The summed E-state index contributed by atoms with van der Waals surface area (Å²) in [4.78, 5) is 40.0. The van der Waals surface area contributed by atoms with Gasteiger partial charge in [-0.3, -0.25) is 14.4 Å². The molecule has 0 aliphatic carbocycles. The number of hydrogen-bond donors (Lipinski definition) is 1. The SMILES string of the molecule is COc1ccc(NC(=O)CN(C)C(=O)[C@H]2CC(=O)N(Cc3ccco3)C2)cc1. The molecule has 0 spiro atoms. The summed E-state index contributed by atoms with van der Waals surface area (Å²) in [5, 5.41) is 2.74. The Hall–Kier alpha value is -3.29. The number of nitrogens with zero attached hydrogens (tertiary/aromatic N) is 2. The molecule has 1 aromatic heterocycles. The first-order valence-corrected chi connectivity index (χ1v) is 8.95. The smallest absolute Gasteiger partial charge is 0.243 e. The van der Waals surface area contributed by atoms with Gasteiger partial charge in [0, 0.05) is 25.7 Å². The fourth-order valence-electron chi connectivity index (χ4n) is 3.16. The fraction of sp³-hybridized carbons (Fsp3) is 0.350. The molecule has 8 nitrogen and oxygen atoms in total. The maximum absolute atomic E-state index is 12.6. The number of nitrogens with one attached hydrogen (secondary N) is 1. The van der Waals surface area contributed by atoms with E-state index in [1.807, 2.05) is 0 Å². The van der Waals surface area contributed by atoms with Crippen LogP contribution in [0.5, 0.6) is 5.75 Å². The summed E-state index contributed by atoms with van der Waals surface area (Å²) in [5.74, 6) is 0.286. The van der Waals surface area contributed by atoms with Gasteiger partial charge >= 0.3 is 0 Å². The van der Waals surface area contributed by atoms with E-state index >= 15 is 0 Å². The number of anilines is 1. The Labute approximate surface area is 163 Å². The van der Waals surface area contributed by atoms with Crippen LogP contribution in [0.3, 0.4) is 0 Å². The average molecular weight is 385 g/mol. The van der Waals surface area contributed by atoms with E-state index in [0.717, 1.165) is 0 Å². The molecule has 1 saturated heterocycles. The summed E-state index contributed by atoms with van der Waals surface area (Å²) in [6.07, 6.45) is 1.69. The number of rotatable bonds is 7. The molecule has 0 bridgehead atoms. The fourth-order valence-corrected chi connectivity index (χ4v) is 3.16. The number of methoxy groups -OCH3 is 1. The van der Waals surface area contributed by atoms with Crippen LogP contribution >= 0.6 is 0 Å². The number of carbonyl (C=O) groups is 3. The molecule has 2 aromatic rings. The number of ether oxygens (including phenoxy) is 1. The van der Waals surface area contributed by atoms with Crippen LogP contribution in [0, 0.1) is 5.92 Å². The lowest BCUT2D eigenvalue weighted by Crippen LogP contribution is -2.39. The standard InChI is InChI=1S/C20H23N3O5/c1-22(13-18(24)21-15-5-7-16(27-2)8-6-15)20(26)14-10-19(25)23(11-14)12-17-4-3-9-28-17/h3-9,14H,10-13H2,1-2H3,(H,21,24)/t14-/m0/s1. The van der Waals surface area contributed by atoms with E-state index in [1.165, 1.54) is 4.90 Å². The quantitative estimate of drug-likeness (QED) is 0.784. The number of hydrogen-bond acceptors (Lipinski definition) is 5. The molecule has 2 heterocycles. The highest BCUT2D eigenvalue weighted by atomic mass is 16.5. The molecular weight excluding hydrogens is 362 g/mol. The van der Waals surface area contributed by atoms with Crippen LogP contribution in [-0.2, 0) is 20.9 Å². The lowest BCUT2D eigenvalue weighted by molar-refractivity contribution is -0.137. The molecule has 0 unspecified atom stereocenters. The van der Waals surface area contributed by atoms with Gasteiger partial charge in [-0.2, -0.15) is 0 Å².